The first-order valence-corrected chi connectivity index (χ1v) is 7.30. The number of halogens is 1. The molecule has 5 nitrogen and oxygen atoms in total. The number of carboxylic acids is 1. The summed E-state index contributed by atoms with van der Waals surface area (Å²) < 4.78 is 5.60. The maximum Gasteiger partial charge on any atom is 0.303 e. The van der Waals surface area contributed by atoms with Crippen LogP contribution in [0.5, 0.6) is 0 Å². The molecule has 1 aromatic carbocycles. The zero-order valence-electron chi connectivity index (χ0n) is 12.7. The van der Waals surface area contributed by atoms with Gasteiger partial charge in [0.15, 0.2) is 5.76 Å². The largest absolute Gasteiger partial charge is 0.481 e. The molecule has 0 aliphatic carbocycles. The third kappa shape index (κ3) is 3.60. The van der Waals surface area contributed by atoms with Crippen LogP contribution in [0.3, 0.4) is 0 Å². The number of benzene rings is 1. The van der Waals surface area contributed by atoms with Gasteiger partial charge in [0.1, 0.15) is 5.58 Å². The monoisotopic (exact) mass is 323 g/mol. The van der Waals surface area contributed by atoms with Crippen molar-refractivity contribution in [3.63, 3.8) is 0 Å². The van der Waals surface area contributed by atoms with Crippen LogP contribution >= 0.6 is 11.6 Å². The fourth-order valence-electron chi connectivity index (χ4n) is 2.26. The molecule has 0 saturated carbocycles. The molecule has 0 bridgehead atoms. The van der Waals surface area contributed by atoms with E-state index in [0.29, 0.717) is 22.6 Å². The van der Waals surface area contributed by atoms with E-state index in [-0.39, 0.29) is 18.1 Å². The normalized spacial score (nSPS) is 11.6. The number of hydrogen-bond acceptors (Lipinski definition) is 3. The van der Waals surface area contributed by atoms with Crippen molar-refractivity contribution in [1.29, 1.82) is 0 Å². The Labute approximate surface area is 133 Å². The summed E-state index contributed by atoms with van der Waals surface area (Å²) in [6.07, 6.45) is 0.321. The second kappa shape index (κ2) is 6.01. The SMILES string of the molecule is Cc1c(C(=O)NC(C)(C)CCC(=O)O)oc2ccc(Cl)cc12. The van der Waals surface area contributed by atoms with Gasteiger partial charge in [-0.15, -0.1) is 0 Å². The molecule has 118 valence electrons. The zero-order valence-corrected chi connectivity index (χ0v) is 13.5. The van der Waals surface area contributed by atoms with Gasteiger partial charge in [-0.3, -0.25) is 9.59 Å². The number of hydrogen-bond donors (Lipinski definition) is 2. The van der Waals surface area contributed by atoms with Crippen LogP contribution in [0.25, 0.3) is 11.0 Å². The summed E-state index contributed by atoms with van der Waals surface area (Å²) >= 11 is 5.96. The fraction of sp³-hybridized carbons (Fsp3) is 0.375. The van der Waals surface area contributed by atoms with Gasteiger partial charge in [0, 0.05) is 27.9 Å². The second-order valence-corrected chi connectivity index (χ2v) is 6.36. The highest BCUT2D eigenvalue weighted by Crippen LogP contribution is 2.28. The Morgan fingerprint density at radius 3 is 2.68 bits per heavy atom. The summed E-state index contributed by atoms with van der Waals surface area (Å²) in [7, 11) is 0. The van der Waals surface area contributed by atoms with Crippen LogP contribution in [0, 0.1) is 6.92 Å². The molecule has 0 unspecified atom stereocenters. The Morgan fingerprint density at radius 1 is 1.36 bits per heavy atom. The number of aliphatic carboxylic acids is 1. The number of carboxylic acid groups (broad SMARTS) is 1. The van der Waals surface area contributed by atoms with E-state index >= 15 is 0 Å². The minimum absolute atomic E-state index is 0.0119. The van der Waals surface area contributed by atoms with Crippen molar-refractivity contribution in [2.24, 2.45) is 0 Å². The number of nitrogens with one attached hydrogen (secondary N) is 1. The molecule has 1 amide bonds. The van der Waals surface area contributed by atoms with Crippen molar-refractivity contribution in [2.75, 3.05) is 0 Å². The summed E-state index contributed by atoms with van der Waals surface area (Å²) in [4.78, 5) is 23.1. The topological polar surface area (TPSA) is 79.5 Å². The summed E-state index contributed by atoms with van der Waals surface area (Å²) in [6, 6.07) is 5.17. The van der Waals surface area contributed by atoms with Crippen molar-refractivity contribution in [3.05, 3.63) is 34.5 Å². The van der Waals surface area contributed by atoms with Gasteiger partial charge in [0.25, 0.3) is 5.91 Å². The van der Waals surface area contributed by atoms with Crippen LogP contribution < -0.4 is 5.32 Å². The van der Waals surface area contributed by atoms with Gasteiger partial charge in [0.2, 0.25) is 0 Å². The smallest absolute Gasteiger partial charge is 0.303 e. The standard InChI is InChI=1S/C16H18ClNO4/c1-9-11-8-10(17)4-5-12(11)22-14(9)15(21)18-16(2,3)7-6-13(19)20/h4-5,8H,6-7H2,1-3H3,(H,18,21)(H,19,20). The van der Waals surface area contributed by atoms with Gasteiger partial charge >= 0.3 is 5.97 Å². The first-order chi connectivity index (χ1) is 10.2. The van der Waals surface area contributed by atoms with Crippen molar-refractivity contribution >= 4 is 34.4 Å². The Hall–Kier alpha value is -2.01. The van der Waals surface area contributed by atoms with Crippen LogP contribution in [0.4, 0.5) is 0 Å². The molecule has 2 N–H and O–H groups in total. The lowest BCUT2D eigenvalue weighted by atomic mass is 9.98. The first-order valence-electron chi connectivity index (χ1n) is 6.92. The second-order valence-electron chi connectivity index (χ2n) is 5.93. The molecule has 0 saturated heterocycles. The van der Waals surface area contributed by atoms with E-state index in [1.807, 2.05) is 0 Å². The average molecular weight is 324 g/mol. The lowest BCUT2D eigenvalue weighted by Gasteiger charge is -2.25. The van der Waals surface area contributed by atoms with E-state index in [9.17, 15) is 9.59 Å². The fourth-order valence-corrected chi connectivity index (χ4v) is 2.43. The minimum Gasteiger partial charge on any atom is -0.481 e. The van der Waals surface area contributed by atoms with Gasteiger partial charge in [-0.1, -0.05) is 11.6 Å². The van der Waals surface area contributed by atoms with Crippen LogP contribution in [0.15, 0.2) is 22.6 Å². The Morgan fingerprint density at radius 2 is 2.05 bits per heavy atom. The number of carbonyl (C=O) groups is 2. The van der Waals surface area contributed by atoms with Crippen molar-refractivity contribution in [3.8, 4) is 0 Å². The third-order valence-corrected chi connectivity index (χ3v) is 3.76. The molecule has 0 atom stereocenters. The molecule has 22 heavy (non-hydrogen) atoms. The van der Waals surface area contributed by atoms with Crippen molar-refractivity contribution < 1.29 is 19.1 Å². The van der Waals surface area contributed by atoms with E-state index in [4.69, 9.17) is 21.1 Å². The van der Waals surface area contributed by atoms with Crippen LogP contribution in [-0.2, 0) is 4.79 Å². The molecule has 1 heterocycles. The van der Waals surface area contributed by atoms with Crippen LogP contribution in [-0.4, -0.2) is 22.5 Å². The van der Waals surface area contributed by atoms with Gasteiger partial charge in [-0.25, -0.2) is 0 Å². The molecule has 0 spiro atoms. The van der Waals surface area contributed by atoms with E-state index < -0.39 is 11.5 Å². The summed E-state index contributed by atoms with van der Waals surface area (Å²) in [5, 5.41) is 12.9. The van der Waals surface area contributed by atoms with E-state index in [2.05, 4.69) is 5.32 Å². The molecule has 2 aromatic rings. The number of amides is 1. The molecular weight excluding hydrogens is 306 g/mol. The summed E-state index contributed by atoms with van der Waals surface area (Å²) in [5.41, 5.74) is 0.665. The predicted octanol–water partition coefficient (Wildman–Crippen LogP) is 3.77. The Kier molecular flexibility index (Phi) is 4.47. The number of fused-ring (bicyclic) bond motifs is 1. The first kappa shape index (κ1) is 16.4. The lowest BCUT2D eigenvalue weighted by molar-refractivity contribution is -0.137. The molecule has 0 aliphatic heterocycles. The van der Waals surface area contributed by atoms with Crippen LogP contribution in [0.2, 0.25) is 5.02 Å². The molecule has 2 rings (SSSR count). The number of aryl methyl sites for hydroxylation is 1. The van der Waals surface area contributed by atoms with Gasteiger partial charge < -0.3 is 14.8 Å². The average Bonchev–Trinajstić information content (AvgIpc) is 2.74. The maximum absolute atomic E-state index is 12.4. The van der Waals surface area contributed by atoms with Crippen LogP contribution in [0.1, 0.15) is 42.8 Å². The highest BCUT2D eigenvalue weighted by molar-refractivity contribution is 6.31. The molecular formula is C16H18ClNO4. The van der Waals surface area contributed by atoms with Crippen molar-refractivity contribution in [1.82, 2.24) is 5.32 Å². The molecule has 0 fully saturated rings. The molecule has 0 aliphatic rings. The highest BCUT2D eigenvalue weighted by atomic mass is 35.5. The van der Waals surface area contributed by atoms with Gasteiger partial charge in [-0.05, 0) is 45.4 Å². The van der Waals surface area contributed by atoms with E-state index in [1.54, 1.807) is 39.0 Å². The Balaban J connectivity index is 2.22. The molecule has 0 radical (unpaired) electrons. The molecule has 6 heteroatoms. The Bertz CT molecular complexity index is 733. The predicted molar refractivity (Wildman–Crippen MR) is 84.4 cm³/mol. The van der Waals surface area contributed by atoms with E-state index in [0.717, 1.165) is 5.39 Å². The van der Waals surface area contributed by atoms with Crippen molar-refractivity contribution in [2.45, 2.75) is 39.2 Å². The quantitative estimate of drug-likeness (QED) is 0.877. The summed E-state index contributed by atoms with van der Waals surface area (Å²) in [6.45, 7) is 5.35. The molecule has 1 aromatic heterocycles. The number of rotatable bonds is 5. The lowest BCUT2D eigenvalue weighted by Crippen LogP contribution is -2.43. The van der Waals surface area contributed by atoms with Gasteiger partial charge in [0.05, 0.1) is 0 Å². The van der Waals surface area contributed by atoms with E-state index in [1.165, 1.54) is 0 Å². The maximum atomic E-state index is 12.4. The van der Waals surface area contributed by atoms with Gasteiger partial charge in [-0.2, -0.15) is 0 Å². The summed E-state index contributed by atoms with van der Waals surface area (Å²) in [5.74, 6) is -1.03. The minimum atomic E-state index is -0.892. The number of furan rings is 1. The number of carbonyl (C=O) groups excluding carboxylic acids is 1. The third-order valence-electron chi connectivity index (χ3n) is 3.52. The highest BCUT2D eigenvalue weighted by Gasteiger charge is 2.25. The zero-order chi connectivity index (χ0) is 16.5.